The minimum Gasteiger partial charge on any atom is -0.175 e. The van der Waals surface area contributed by atoms with Gasteiger partial charge in [0, 0.05) is 5.25 Å². The van der Waals surface area contributed by atoms with E-state index in [0.717, 1.165) is 0 Å². The molecule has 0 bridgehead atoms. The Morgan fingerprint density at radius 2 is 2.09 bits per heavy atom. The highest BCUT2D eigenvalue weighted by atomic mass is 32.1. The highest BCUT2D eigenvalue weighted by Crippen LogP contribution is 2.37. The number of thiol groups is 1. The lowest BCUT2D eigenvalue weighted by Gasteiger charge is -2.33. The first-order chi connectivity index (χ1) is 4.95. The zero-order chi connectivity index (χ0) is 9.07. The minimum atomic E-state index is 0.220. The van der Waals surface area contributed by atoms with E-state index in [-0.39, 0.29) is 5.41 Å². The van der Waals surface area contributed by atoms with E-state index in [1.54, 1.807) is 0 Å². The molecule has 2 atom stereocenters. The van der Waals surface area contributed by atoms with Crippen LogP contribution in [0, 0.1) is 5.41 Å². The van der Waals surface area contributed by atoms with Gasteiger partial charge < -0.3 is 0 Å². The molecule has 0 aliphatic carbocycles. The van der Waals surface area contributed by atoms with E-state index in [1.165, 1.54) is 18.4 Å². The molecule has 0 saturated carbocycles. The molecule has 0 amide bonds. The third-order valence-electron chi connectivity index (χ3n) is 2.67. The number of rotatable bonds is 4. The number of hydrogen-bond acceptors (Lipinski definition) is 1. The second-order valence-corrected chi connectivity index (χ2v) is 4.40. The SMILES string of the molecule is C=C(C)C(C)(CCC)C(C)S. The third-order valence-corrected chi connectivity index (χ3v) is 3.24. The van der Waals surface area contributed by atoms with Crippen LogP contribution in [0.25, 0.3) is 0 Å². The number of hydrogen-bond donors (Lipinski definition) is 1. The van der Waals surface area contributed by atoms with E-state index in [9.17, 15) is 0 Å². The van der Waals surface area contributed by atoms with E-state index < -0.39 is 0 Å². The quantitative estimate of drug-likeness (QED) is 0.485. The summed E-state index contributed by atoms with van der Waals surface area (Å²) in [6.07, 6.45) is 2.39. The van der Waals surface area contributed by atoms with E-state index in [0.29, 0.717) is 5.25 Å². The van der Waals surface area contributed by atoms with Crippen molar-refractivity contribution >= 4 is 12.6 Å². The van der Waals surface area contributed by atoms with Gasteiger partial charge in [-0.3, -0.25) is 0 Å². The van der Waals surface area contributed by atoms with Gasteiger partial charge in [0.15, 0.2) is 0 Å². The Morgan fingerprint density at radius 1 is 1.64 bits per heavy atom. The van der Waals surface area contributed by atoms with Crippen molar-refractivity contribution in [2.45, 2.75) is 45.8 Å². The smallest absolute Gasteiger partial charge is 0.00793 e. The maximum atomic E-state index is 4.49. The first-order valence-electron chi connectivity index (χ1n) is 4.29. The van der Waals surface area contributed by atoms with Gasteiger partial charge in [-0.05, 0) is 18.8 Å². The Bertz CT molecular complexity index is 138. The van der Waals surface area contributed by atoms with Crippen LogP contribution >= 0.6 is 12.6 Å². The van der Waals surface area contributed by atoms with Crippen LogP contribution in [0.4, 0.5) is 0 Å². The molecule has 0 radical (unpaired) electrons. The lowest BCUT2D eigenvalue weighted by molar-refractivity contribution is 0.360. The maximum Gasteiger partial charge on any atom is 0.00793 e. The summed E-state index contributed by atoms with van der Waals surface area (Å²) in [7, 11) is 0. The molecule has 0 spiro atoms. The third kappa shape index (κ3) is 2.55. The molecule has 0 heterocycles. The summed E-state index contributed by atoms with van der Waals surface area (Å²) in [5.74, 6) is 0. The molecule has 2 unspecified atom stereocenters. The summed E-state index contributed by atoms with van der Waals surface area (Å²) in [4.78, 5) is 0. The molecule has 0 aromatic carbocycles. The van der Waals surface area contributed by atoms with Crippen LogP contribution in [-0.2, 0) is 0 Å². The summed E-state index contributed by atoms with van der Waals surface area (Å²) >= 11 is 4.49. The van der Waals surface area contributed by atoms with Gasteiger partial charge in [-0.1, -0.05) is 39.3 Å². The van der Waals surface area contributed by atoms with E-state index in [1.807, 2.05) is 0 Å². The van der Waals surface area contributed by atoms with Gasteiger partial charge in [0.05, 0.1) is 0 Å². The van der Waals surface area contributed by atoms with Crippen molar-refractivity contribution in [3.05, 3.63) is 12.2 Å². The predicted octanol–water partition coefficient (Wildman–Crippen LogP) is 3.69. The number of allylic oxidation sites excluding steroid dienone is 1. The van der Waals surface area contributed by atoms with Crippen molar-refractivity contribution < 1.29 is 0 Å². The lowest BCUT2D eigenvalue weighted by atomic mass is 9.77. The molecule has 0 aromatic heterocycles. The van der Waals surface area contributed by atoms with Crippen molar-refractivity contribution in [1.29, 1.82) is 0 Å². The van der Waals surface area contributed by atoms with Crippen LogP contribution in [0.5, 0.6) is 0 Å². The molecule has 11 heavy (non-hydrogen) atoms. The zero-order valence-corrected chi connectivity index (χ0v) is 9.04. The fourth-order valence-electron chi connectivity index (χ4n) is 1.30. The van der Waals surface area contributed by atoms with Crippen molar-refractivity contribution in [1.82, 2.24) is 0 Å². The summed E-state index contributed by atoms with van der Waals surface area (Å²) in [6.45, 7) is 12.7. The predicted molar refractivity (Wildman–Crippen MR) is 56.3 cm³/mol. The van der Waals surface area contributed by atoms with Crippen LogP contribution in [0.1, 0.15) is 40.5 Å². The summed E-state index contributed by atoms with van der Waals surface area (Å²) < 4.78 is 0. The largest absolute Gasteiger partial charge is 0.175 e. The molecular formula is C10H20S. The van der Waals surface area contributed by atoms with Gasteiger partial charge in [-0.25, -0.2) is 0 Å². The highest BCUT2D eigenvalue weighted by molar-refractivity contribution is 7.81. The Kier molecular flexibility index (Phi) is 4.23. The van der Waals surface area contributed by atoms with Gasteiger partial charge in [0.25, 0.3) is 0 Å². The zero-order valence-electron chi connectivity index (χ0n) is 8.15. The fourth-order valence-corrected chi connectivity index (χ4v) is 1.65. The first-order valence-corrected chi connectivity index (χ1v) is 4.80. The lowest BCUT2D eigenvalue weighted by Crippen LogP contribution is -2.26. The van der Waals surface area contributed by atoms with Crippen LogP contribution in [-0.4, -0.2) is 5.25 Å². The van der Waals surface area contributed by atoms with E-state index >= 15 is 0 Å². The van der Waals surface area contributed by atoms with Crippen LogP contribution in [0.2, 0.25) is 0 Å². The molecule has 0 saturated heterocycles. The average molecular weight is 172 g/mol. The molecule has 0 aliphatic heterocycles. The Morgan fingerprint density at radius 3 is 2.18 bits per heavy atom. The van der Waals surface area contributed by atoms with Crippen LogP contribution in [0.15, 0.2) is 12.2 Å². The molecule has 0 aliphatic rings. The van der Waals surface area contributed by atoms with Crippen molar-refractivity contribution in [3.63, 3.8) is 0 Å². The summed E-state index contributed by atoms with van der Waals surface area (Å²) in [5, 5.41) is 0.403. The van der Waals surface area contributed by atoms with Crippen LogP contribution < -0.4 is 0 Å². The Labute approximate surface area is 76.5 Å². The molecule has 0 fully saturated rings. The molecule has 0 aromatic rings. The highest BCUT2D eigenvalue weighted by Gasteiger charge is 2.28. The van der Waals surface area contributed by atoms with Gasteiger partial charge in [0.2, 0.25) is 0 Å². The van der Waals surface area contributed by atoms with E-state index in [4.69, 9.17) is 0 Å². The van der Waals surface area contributed by atoms with Crippen LogP contribution in [0.3, 0.4) is 0 Å². The Hall–Kier alpha value is 0.0900. The summed E-state index contributed by atoms with van der Waals surface area (Å²) in [5.41, 5.74) is 1.47. The minimum absolute atomic E-state index is 0.220. The van der Waals surface area contributed by atoms with Gasteiger partial charge in [-0.2, -0.15) is 12.6 Å². The fraction of sp³-hybridized carbons (Fsp3) is 0.800. The van der Waals surface area contributed by atoms with Gasteiger partial charge in [-0.15, -0.1) is 0 Å². The second-order valence-electron chi connectivity index (χ2n) is 3.62. The second kappa shape index (κ2) is 4.20. The molecule has 0 nitrogen and oxygen atoms in total. The molecule has 0 rings (SSSR count). The first kappa shape index (κ1) is 11.1. The van der Waals surface area contributed by atoms with Crippen molar-refractivity contribution in [2.75, 3.05) is 0 Å². The normalized spacial score (nSPS) is 19.0. The van der Waals surface area contributed by atoms with Gasteiger partial charge >= 0.3 is 0 Å². The molecule has 0 N–H and O–H groups in total. The Balaban J connectivity index is 4.38. The standard InChI is InChI=1S/C10H20S/c1-6-7-10(5,8(2)3)9(4)11/h9,11H,2,6-7H2,1,3-5H3. The van der Waals surface area contributed by atoms with Crippen molar-refractivity contribution in [2.24, 2.45) is 5.41 Å². The topological polar surface area (TPSA) is 0 Å². The summed E-state index contributed by atoms with van der Waals surface area (Å²) in [6, 6.07) is 0. The average Bonchev–Trinajstić information content (AvgIpc) is 1.87. The van der Waals surface area contributed by atoms with Gasteiger partial charge in [0.1, 0.15) is 0 Å². The van der Waals surface area contributed by atoms with Crippen molar-refractivity contribution in [3.8, 4) is 0 Å². The molecular weight excluding hydrogens is 152 g/mol. The monoisotopic (exact) mass is 172 g/mol. The maximum absolute atomic E-state index is 4.49. The molecule has 1 heteroatoms. The van der Waals surface area contributed by atoms with E-state index in [2.05, 4.69) is 46.9 Å². The molecule has 66 valence electrons.